The topological polar surface area (TPSA) is 304 Å². The van der Waals surface area contributed by atoms with Gasteiger partial charge in [-0.05, 0) is 38.6 Å². The van der Waals surface area contributed by atoms with E-state index in [1.807, 2.05) is 0 Å². The van der Waals surface area contributed by atoms with E-state index in [4.69, 9.17) is 28.7 Å². The number of nitrogens with two attached hydrogens (primary N) is 5. The average molecular weight is 504 g/mol. The summed E-state index contributed by atoms with van der Waals surface area (Å²) < 4.78 is 0. The van der Waals surface area contributed by atoms with Crippen molar-refractivity contribution in [3.63, 3.8) is 0 Å². The Kier molecular flexibility index (Phi) is 15.3. The van der Waals surface area contributed by atoms with Crippen LogP contribution in [-0.2, 0) is 24.0 Å². The van der Waals surface area contributed by atoms with E-state index in [0.29, 0.717) is 25.8 Å². The predicted octanol–water partition coefficient (Wildman–Crippen LogP) is -5.10. The van der Waals surface area contributed by atoms with Crippen LogP contribution in [0.25, 0.3) is 0 Å². The molecule has 0 radical (unpaired) electrons. The molecule has 0 aromatic rings. The number of unbranched alkanes of at least 4 members (excludes halogenated alkanes) is 1. The Bertz CT molecular complexity index is 759. The number of hydrogen-bond acceptors (Lipinski definition) is 9. The van der Waals surface area contributed by atoms with Crippen LogP contribution in [0.15, 0.2) is 4.99 Å². The van der Waals surface area contributed by atoms with Crippen molar-refractivity contribution < 1.29 is 34.2 Å². The molecule has 0 fully saturated rings. The standard InChI is InChI=1S/C19H37N9O7/c20-6-2-1-5-11(16(32)27-12(18(34)35)8-14(22)30)26-17(33)13(9-29)28-15(31)10(21)4-3-7-25-19(23)24/h10-13,29H,1-9,20-21H2,(H2,22,30)(H,26,33)(H,27,32)(H,28,31)(H,34,35)(H4,23,24,25). The molecule has 0 aromatic heterocycles. The molecular formula is C19H37N9O7. The monoisotopic (exact) mass is 503 g/mol. The molecule has 0 saturated carbocycles. The van der Waals surface area contributed by atoms with E-state index in [1.54, 1.807) is 0 Å². The van der Waals surface area contributed by atoms with Gasteiger partial charge in [-0.15, -0.1) is 0 Å². The molecule has 200 valence electrons. The highest BCUT2D eigenvalue weighted by molar-refractivity contribution is 5.94. The van der Waals surface area contributed by atoms with Crippen LogP contribution < -0.4 is 44.6 Å². The van der Waals surface area contributed by atoms with Crippen LogP contribution >= 0.6 is 0 Å². The van der Waals surface area contributed by atoms with Gasteiger partial charge in [-0.3, -0.25) is 24.2 Å². The molecule has 4 unspecified atom stereocenters. The van der Waals surface area contributed by atoms with Crippen molar-refractivity contribution in [2.24, 2.45) is 33.7 Å². The van der Waals surface area contributed by atoms with Gasteiger partial charge in [0.15, 0.2) is 5.96 Å². The van der Waals surface area contributed by atoms with E-state index in [1.165, 1.54) is 0 Å². The highest BCUT2D eigenvalue weighted by Gasteiger charge is 2.30. The number of nitrogens with zero attached hydrogens (tertiary/aromatic N) is 1. The molecule has 16 nitrogen and oxygen atoms in total. The van der Waals surface area contributed by atoms with E-state index in [-0.39, 0.29) is 25.3 Å². The normalized spacial score (nSPS) is 14.0. The lowest BCUT2D eigenvalue weighted by molar-refractivity contribution is -0.143. The number of carbonyl (C=O) groups excluding carboxylic acids is 4. The highest BCUT2D eigenvalue weighted by atomic mass is 16.4. The van der Waals surface area contributed by atoms with Crippen LogP contribution in [0, 0.1) is 0 Å². The lowest BCUT2D eigenvalue weighted by atomic mass is 10.1. The molecule has 16 heteroatoms. The summed E-state index contributed by atoms with van der Waals surface area (Å²) >= 11 is 0. The van der Waals surface area contributed by atoms with Gasteiger partial charge in [0.2, 0.25) is 23.6 Å². The van der Waals surface area contributed by atoms with Crippen molar-refractivity contribution in [1.82, 2.24) is 16.0 Å². The number of nitrogens with one attached hydrogen (secondary N) is 3. The molecule has 15 N–H and O–H groups in total. The number of aliphatic carboxylic acids is 1. The average Bonchev–Trinajstić information content (AvgIpc) is 2.78. The van der Waals surface area contributed by atoms with Gasteiger partial charge >= 0.3 is 5.97 Å². The predicted molar refractivity (Wildman–Crippen MR) is 125 cm³/mol. The van der Waals surface area contributed by atoms with Gasteiger partial charge in [0.25, 0.3) is 0 Å². The third-order valence-corrected chi connectivity index (χ3v) is 4.72. The maximum Gasteiger partial charge on any atom is 0.326 e. The largest absolute Gasteiger partial charge is 0.480 e. The Morgan fingerprint density at radius 1 is 0.800 bits per heavy atom. The number of guanidine groups is 1. The lowest BCUT2D eigenvalue weighted by Crippen LogP contribution is -2.58. The first-order valence-electron chi connectivity index (χ1n) is 11.0. The van der Waals surface area contributed by atoms with Gasteiger partial charge in [0.05, 0.1) is 19.1 Å². The smallest absolute Gasteiger partial charge is 0.326 e. The number of carboxylic acid groups (broad SMARTS) is 1. The minimum absolute atomic E-state index is 0.0775. The molecule has 4 atom stereocenters. The van der Waals surface area contributed by atoms with Crippen LogP contribution in [0.5, 0.6) is 0 Å². The Hall–Kier alpha value is -3.50. The second-order valence-corrected chi connectivity index (χ2v) is 7.71. The minimum Gasteiger partial charge on any atom is -0.480 e. The van der Waals surface area contributed by atoms with Crippen molar-refractivity contribution >= 4 is 35.6 Å². The second-order valence-electron chi connectivity index (χ2n) is 7.71. The third kappa shape index (κ3) is 13.7. The summed E-state index contributed by atoms with van der Waals surface area (Å²) in [7, 11) is 0. The Balaban J connectivity index is 5.19. The Labute approximate surface area is 202 Å². The first kappa shape index (κ1) is 31.5. The first-order valence-corrected chi connectivity index (χ1v) is 11.0. The molecule has 0 aliphatic rings. The van der Waals surface area contributed by atoms with Crippen molar-refractivity contribution in [1.29, 1.82) is 0 Å². The maximum absolute atomic E-state index is 12.6. The van der Waals surface area contributed by atoms with Crippen LogP contribution in [0.1, 0.15) is 38.5 Å². The zero-order chi connectivity index (χ0) is 27.0. The van der Waals surface area contributed by atoms with Gasteiger partial charge in [-0.1, -0.05) is 0 Å². The number of aliphatic hydroxyl groups is 1. The van der Waals surface area contributed by atoms with Crippen LogP contribution in [0.4, 0.5) is 0 Å². The van der Waals surface area contributed by atoms with Crippen LogP contribution in [0.2, 0.25) is 0 Å². The molecular weight excluding hydrogens is 466 g/mol. The fourth-order valence-electron chi connectivity index (χ4n) is 2.83. The van der Waals surface area contributed by atoms with Crippen molar-refractivity contribution in [2.75, 3.05) is 19.7 Å². The third-order valence-electron chi connectivity index (χ3n) is 4.72. The van der Waals surface area contributed by atoms with E-state index in [2.05, 4.69) is 20.9 Å². The van der Waals surface area contributed by atoms with Gasteiger partial charge < -0.3 is 54.8 Å². The van der Waals surface area contributed by atoms with E-state index in [9.17, 15) is 34.2 Å². The SMILES string of the molecule is NCCCCC(NC(=O)C(CO)NC(=O)C(N)CCCN=C(N)N)C(=O)NC(CC(N)=O)C(=O)O. The summed E-state index contributed by atoms with van der Waals surface area (Å²) in [4.78, 5) is 63.7. The Morgan fingerprint density at radius 3 is 1.89 bits per heavy atom. The fourth-order valence-corrected chi connectivity index (χ4v) is 2.83. The number of aliphatic imine (C=N–C) groups is 1. The summed E-state index contributed by atoms with van der Waals surface area (Å²) in [6.45, 7) is -0.229. The van der Waals surface area contributed by atoms with Gasteiger partial charge in [-0.2, -0.15) is 0 Å². The molecule has 35 heavy (non-hydrogen) atoms. The van der Waals surface area contributed by atoms with E-state index < -0.39 is 66.8 Å². The quantitative estimate of drug-likeness (QED) is 0.0479. The summed E-state index contributed by atoms with van der Waals surface area (Å²) in [5.74, 6) is -5.04. The van der Waals surface area contributed by atoms with Crippen molar-refractivity contribution in [3.8, 4) is 0 Å². The second kappa shape index (κ2) is 17.0. The summed E-state index contributed by atoms with van der Waals surface area (Å²) in [5, 5.41) is 25.6. The number of carbonyl (C=O) groups is 5. The molecule has 0 aromatic carbocycles. The lowest BCUT2D eigenvalue weighted by Gasteiger charge is -2.24. The zero-order valence-corrected chi connectivity index (χ0v) is 19.4. The van der Waals surface area contributed by atoms with Crippen LogP contribution in [0.3, 0.4) is 0 Å². The van der Waals surface area contributed by atoms with Crippen LogP contribution in [-0.4, -0.2) is 89.6 Å². The number of hydrogen-bond donors (Lipinski definition) is 10. The van der Waals surface area contributed by atoms with Gasteiger partial charge in [0, 0.05) is 6.54 Å². The molecule has 0 spiro atoms. The molecule has 4 amide bonds. The maximum atomic E-state index is 12.6. The van der Waals surface area contributed by atoms with E-state index >= 15 is 0 Å². The summed E-state index contributed by atoms with van der Waals surface area (Å²) in [6.07, 6.45) is 0.928. The molecule has 0 aliphatic carbocycles. The number of rotatable bonds is 18. The Morgan fingerprint density at radius 2 is 1.37 bits per heavy atom. The summed E-state index contributed by atoms with van der Waals surface area (Å²) in [6, 6.07) is -5.28. The number of primary amides is 1. The molecule has 0 rings (SSSR count). The molecule has 0 aliphatic heterocycles. The highest BCUT2D eigenvalue weighted by Crippen LogP contribution is 2.04. The molecule has 0 bridgehead atoms. The van der Waals surface area contributed by atoms with Gasteiger partial charge in [0.1, 0.15) is 18.1 Å². The minimum atomic E-state index is -1.60. The number of carboxylic acids is 1. The first-order chi connectivity index (χ1) is 16.4. The zero-order valence-electron chi connectivity index (χ0n) is 19.4. The van der Waals surface area contributed by atoms with Crippen molar-refractivity contribution in [3.05, 3.63) is 0 Å². The molecule has 0 saturated heterocycles. The number of amides is 4. The molecule has 0 heterocycles. The van der Waals surface area contributed by atoms with E-state index in [0.717, 1.165) is 0 Å². The van der Waals surface area contributed by atoms with Gasteiger partial charge in [-0.25, -0.2) is 4.79 Å². The van der Waals surface area contributed by atoms with Crippen molar-refractivity contribution in [2.45, 2.75) is 62.7 Å². The number of aliphatic hydroxyl groups excluding tert-OH is 1. The summed E-state index contributed by atoms with van der Waals surface area (Å²) in [5.41, 5.74) is 26.7. The fraction of sp³-hybridized carbons (Fsp3) is 0.684.